The maximum absolute atomic E-state index is 12.8. The molecule has 0 radical (unpaired) electrons. The van der Waals surface area contributed by atoms with Crippen LogP contribution in [0.1, 0.15) is 116 Å². The molecular weight excluding hydrogens is 500 g/mol. The first-order valence-corrected chi connectivity index (χ1v) is 15.1. The Morgan fingerprint density at radius 2 is 0.975 bits per heavy atom. The lowest BCUT2D eigenvalue weighted by molar-refractivity contribution is -0.140. The molecule has 0 saturated heterocycles. The second-order valence-electron chi connectivity index (χ2n) is 13.7. The van der Waals surface area contributed by atoms with Gasteiger partial charge in [-0.15, -0.1) is 13.2 Å². The Morgan fingerprint density at radius 1 is 0.650 bits per heavy atom. The first-order chi connectivity index (χ1) is 18.1. The maximum Gasteiger partial charge on any atom is 0.144 e. The van der Waals surface area contributed by atoms with E-state index in [0.29, 0.717) is 24.2 Å². The van der Waals surface area contributed by atoms with Gasteiger partial charge in [0.1, 0.15) is 23.1 Å². The average molecular weight is 563 g/mol. The number of carbonyl (C=O) groups excluding carboxylic acids is 4. The number of ketones is 4. The van der Waals surface area contributed by atoms with Crippen molar-refractivity contribution >= 4 is 23.1 Å². The minimum absolute atomic E-state index is 0.00866. The van der Waals surface area contributed by atoms with Crippen LogP contribution in [-0.4, -0.2) is 34.3 Å². The lowest BCUT2D eigenvalue weighted by atomic mass is 9.67. The summed E-state index contributed by atoms with van der Waals surface area (Å²) in [4.78, 5) is 47.9. The van der Waals surface area contributed by atoms with Crippen LogP contribution in [0, 0.1) is 52.3 Å². The molecule has 0 aromatic rings. The van der Waals surface area contributed by atoms with Gasteiger partial charge in [-0.1, -0.05) is 88.3 Å². The Morgan fingerprint density at radius 3 is 1.27 bits per heavy atom. The van der Waals surface area contributed by atoms with E-state index in [4.69, 9.17) is 0 Å². The third kappa shape index (κ3) is 12.3. The standard InChI is InChI=1S/C18H32O2.C17H30O3/c1-9-10-12(2)15(5)16(6)17(20)18(7,8)13(3)11-14(4)19;1-8-9-11(2)13(4)14(5)16(20)17(6,7)15(19)10-12(3)18/h9,12-13,15-16H,1,10-11H2,2-8H3;8,11,13-15,19H,1,9-10H2,2-7H3/t12-,13-,15-,16+;11-,13-,14+,15-/m00/s1. The van der Waals surface area contributed by atoms with Gasteiger partial charge >= 0.3 is 0 Å². The van der Waals surface area contributed by atoms with Crippen molar-refractivity contribution in [3.63, 3.8) is 0 Å². The number of rotatable bonds is 18. The molecule has 0 fully saturated rings. The van der Waals surface area contributed by atoms with E-state index in [9.17, 15) is 24.3 Å². The number of allylic oxidation sites excluding steroid dienone is 2. The van der Waals surface area contributed by atoms with E-state index in [1.54, 1.807) is 20.8 Å². The Labute approximate surface area is 246 Å². The second kappa shape index (κ2) is 17.8. The number of hydrogen-bond acceptors (Lipinski definition) is 5. The van der Waals surface area contributed by atoms with E-state index >= 15 is 0 Å². The molecule has 232 valence electrons. The number of hydrogen-bond donors (Lipinski definition) is 1. The van der Waals surface area contributed by atoms with Crippen LogP contribution >= 0.6 is 0 Å². The van der Waals surface area contributed by atoms with Crippen molar-refractivity contribution in [1.82, 2.24) is 0 Å². The van der Waals surface area contributed by atoms with Gasteiger partial charge in [0.05, 0.1) is 6.10 Å². The predicted octanol–water partition coefficient (Wildman–Crippen LogP) is 8.09. The summed E-state index contributed by atoms with van der Waals surface area (Å²) in [6, 6.07) is 0. The Kier molecular flexibility index (Phi) is 17.9. The molecule has 40 heavy (non-hydrogen) atoms. The molecule has 5 heteroatoms. The Bertz CT molecular complexity index is 782. The predicted molar refractivity (Wildman–Crippen MR) is 168 cm³/mol. The van der Waals surface area contributed by atoms with Crippen molar-refractivity contribution < 1.29 is 24.3 Å². The maximum atomic E-state index is 12.8. The van der Waals surface area contributed by atoms with Crippen LogP contribution in [0.15, 0.2) is 25.3 Å². The zero-order valence-electron chi connectivity index (χ0n) is 28.1. The minimum Gasteiger partial charge on any atom is -0.392 e. The average Bonchev–Trinajstić information content (AvgIpc) is 2.85. The van der Waals surface area contributed by atoms with Gasteiger partial charge in [-0.3, -0.25) is 14.4 Å². The molecular formula is C35H62O5. The lowest BCUT2D eigenvalue weighted by Gasteiger charge is -2.35. The van der Waals surface area contributed by atoms with Crippen molar-refractivity contribution in [2.45, 2.75) is 122 Å². The molecule has 0 unspecified atom stereocenters. The van der Waals surface area contributed by atoms with Crippen molar-refractivity contribution in [1.29, 1.82) is 0 Å². The lowest BCUT2D eigenvalue weighted by Crippen LogP contribution is -2.43. The Balaban J connectivity index is 0. The highest BCUT2D eigenvalue weighted by atomic mass is 16.3. The van der Waals surface area contributed by atoms with Crippen LogP contribution in [0.2, 0.25) is 0 Å². The van der Waals surface area contributed by atoms with E-state index in [2.05, 4.69) is 40.9 Å². The van der Waals surface area contributed by atoms with Gasteiger partial charge in [0.25, 0.3) is 0 Å². The largest absolute Gasteiger partial charge is 0.392 e. The molecule has 0 aliphatic rings. The van der Waals surface area contributed by atoms with Crippen LogP contribution in [0.25, 0.3) is 0 Å². The summed E-state index contributed by atoms with van der Waals surface area (Å²) < 4.78 is 0. The summed E-state index contributed by atoms with van der Waals surface area (Å²) in [5, 5.41) is 10.1. The first kappa shape index (κ1) is 40.3. The Hall–Kier alpha value is -1.88. The van der Waals surface area contributed by atoms with E-state index in [1.165, 1.54) is 6.92 Å². The number of aliphatic hydroxyl groups is 1. The van der Waals surface area contributed by atoms with Crippen molar-refractivity contribution in [2.75, 3.05) is 0 Å². The molecule has 0 aromatic carbocycles. The van der Waals surface area contributed by atoms with Crippen LogP contribution < -0.4 is 0 Å². The zero-order chi connectivity index (χ0) is 32.2. The van der Waals surface area contributed by atoms with E-state index in [-0.39, 0.29) is 53.2 Å². The molecule has 0 amide bonds. The van der Waals surface area contributed by atoms with E-state index < -0.39 is 16.9 Å². The molecule has 1 N–H and O–H groups in total. The molecule has 0 heterocycles. The van der Waals surface area contributed by atoms with E-state index in [1.807, 2.05) is 46.8 Å². The monoisotopic (exact) mass is 562 g/mol. The summed E-state index contributed by atoms with van der Waals surface area (Å²) in [6.45, 7) is 32.4. The number of Topliss-reactive ketones (excluding diaryl/α,β-unsaturated/α-hetero) is 4. The van der Waals surface area contributed by atoms with Crippen LogP contribution in [0.5, 0.6) is 0 Å². The summed E-state index contributed by atoms with van der Waals surface area (Å²) in [6.07, 6.45) is 5.18. The van der Waals surface area contributed by atoms with Crippen molar-refractivity contribution in [3.8, 4) is 0 Å². The minimum atomic E-state index is -0.920. The van der Waals surface area contributed by atoms with Gasteiger partial charge in [-0.25, -0.2) is 0 Å². The van der Waals surface area contributed by atoms with Crippen molar-refractivity contribution in [3.05, 3.63) is 25.3 Å². The molecule has 0 saturated carbocycles. The molecule has 8 atom stereocenters. The van der Waals surface area contributed by atoms with Gasteiger partial charge < -0.3 is 9.90 Å². The third-order valence-corrected chi connectivity index (χ3v) is 9.69. The van der Waals surface area contributed by atoms with E-state index in [0.717, 1.165) is 12.8 Å². The molecule has 5 nitrogen and oxygen atoms in total. The van der Waals surface area contributed by atoms with Gasteiger partial charge in [0, 0.05) is 35.5 Å². The molecule has 0 spiro atoms. The van der Waals surface area contributed by atoms with Crippen LogP contribution in [0.4, 0.5) is 0 Å². The molecule has 0 aliphatic heterocycles. The normalized spacial score (nSPS) is 17.9. The first-order valence-electron chi connectivity index (χ1n) is 15.1. The summed E-state index contributed by atoms with van der Waals surface area (Å²) >= 11 is 0. The molecule has 0 aliphatic carbocycles. The highest BCUT2D eigenvalue weighted by Gasteiger charge is 2.41. The smallest absolute Gasteiger partial charge is 0.144 e. The van der Waals surface area contributed by atoms with Crippen LogP contribution in [0.3, 0.4) is 0 Å². The fourth-order valence-corrected chi connectivity index (χ4v) is 5.21. The fraction of sp³-hybridized carbons (Fsp3) is 0.771. The van der Waals surface area contributed by atoms with Crippen LogP contribution in [-0.2, 0) is 19.2 Å². The quantitative estimate of drug-likeness (QED) is 0.171. The highest BCUT2D eigenvalue weighted by molar-refractivity contribution is 5.88. The van der Waals surface area contributed by atoms with Crippen molar-refractivity contribution in [2.24, 2.45) is 52.3 Å². The fourth-order valence-electron chi connectivity index (χ4n) is 5.21. The summed E-state index contributed by atoms with van der Waals surface area (Å²) in [5.74, 6) is 1.64. The van der Waals surface area contributed by atoms with Gasteiger partial charge in [-0.05, 0) is 56.3 Å². The molecule has 0 rings (SSSR count). The molecule has 0 aromatic heterocycles. The zero-order valence-corrected chi connectivity index (χ0v) is 28.1. The van der Waals surface area contributed by atoms with Gasteiger partial charge in [0.15, 0.2) is 0 Å². The third-order valence-electron chi connectivity index (χ3n) is 9.69. The number of carbonyl (C=O) groups is 4. The van der Waals surface area contributed by atoms with Gasteiger partial charge in [-0.2, -0.15) is 0 Å². The summed E-state index contributed by atoms with van der Waals surface area (Å²) in [5.41, 5.74) is -1.35. The number of aliphatic hydroxyl groups excluding tert-OH is 1. The SMILES string of the molecule is C=CC[C@H](C)[C@H](C)[C@@H](C)C(=O)C(C)(C)[C@@H](C)CC(C)=O.C=CC[C@H](C)[C@H](C)[C@@H](C)C(=O)C(C)(C)[C@@H](O)CC(C)=O. The molecule has 0 bridgehead atoms. The topological polar surface area (TPSA) is 88.5 Å². The summed E-state index contributed by atoms with van der Waals surface area (Å²) in [7, 11) is 0. The van der Waals surface area contributed by atoms with Gasteiger partial charge in [0.2, 0.25) is 0 Å². The second-order valence-corrected chi connectivity index (χ2v) is 13.7. The highest BCUT2D eigenvalue weighted by Crippen LogP contribution is 2.37.